The standard InChI is InChI=1S/C25H20N2O2S/c1-2-26-16-20(21-9-5-6-10-22(21)26)14-23-24(28)27(25(29)30-23)15-17-11-12-18-7-3-4-8-19(18)13-17/h3-14,16H,2,15H2,1H3/b23-14-. The largest absolute Gasteiger partial charge is 0.347 e. The Kier molecular flexibility index (Phi) is 4.68. The van der Waals surface area contributed by atoms with Crippen molar-refractivity contribution in [2.45, 2.75) is 20.0 Å². The predicted molar refractivity (Wildman–Crippen MR) is 123 cm³/mol. The Hall–Kier alpha value is -3.31. The number of imide groups is 1. The molecule has 0 spiro atoms. The fourth-order valence-corrected chi connectivity index (χ4v) is 4.78. The zero-order valence-electron chi connectivity index (χ0n) is 16.5. The summed E-state index contributed by atoms with van der Waals surface area (Å²) < 4.78 is 2.15. The summed E-state index contributed by atoms with van der Waals surface area (Å²) >= 11 is 1.01. The molecular formula is C25H20N2O2S. The van der Waals surface area contributed by atoms with Gasteiger partial charge in [-0.1, -0.05) is 54.6 Å². The van der Waals surface area contributed by atoms with Crippen LogP contribution in [0.2, 0.25) is 0 Å². The van der Waals surface area contributed by atoms with Gasteiger partial charge in [-0.25, -0.2) is 0 Å². The van der Waals surface area contributed by atoms with E-state index in [-0.39, 0.29) is 17.7 Å². The first kappa shape index (κ1) is 18.7. The van der Waals surface area contributed by atoms with E-state index in [1.165, 1.54) is 4.90 Å². The first-order valence-corrected chi connectivity index (χ1v) is 10.8. The highest BCUT2D eigenvalue weighted by Gasteiger charge is 2.35. The van der Waals surface area contributed by atoms with Crippen LogP contribution in [-0.2, 0) is 17.9 Å². The maximum Gasteiger partial charge on any atom is 0.293 e. The molecule has 0 atom stereocenters. The van der Waals surface area contributed by atoms with Gasteiger partial charge in [0.2, 0.25) is 0 Å². The molecule has 2 amide bonds. The molecule has 0 aliphatic carbocycles. The van der Waals surface area contributed by atoms with E-state index in [2.05, 4.69) is 23.6 Å². The number of carbonyl (C=O) groups excluding carboxylic acids is 2. The van der Waals surface area contributed by atoms with E-state index in [1.54, 1.807) is 0 Å². The summed E-state index contributed by atoms with van der Waals surface area (Å²) in [7, 11) is 0. The average Bonchev–Trinajstić information content (AvgIpc) is 3.26. The fraction of sp³-hybridized carbons (Fsp3) is 0.120. The van der Waals surface area contributed by atoms with Gasteiger partial charge in [0, 0.05) is 29.2 Å². The molecule has 2 heterocycles. The molecule has 0 radical (unpaired) electrons. The minimum Gasteiger partial charge on any atom is -0.347 e. The Morgan fingerprint density at radius 2 is 1.70 bits per heavy atom. The number of fused-ring (bicyclic) bond motifs is 2. The van der Waals surface area contributed by atoms with Crippen molar-refractivity contribution in [2.24, 2.45) is 0 Å². The van der Waals surface area contributed by atoms with Gasteiger partial charge in [0.25, 0.3) is 11.1 Å². The monoisotopic (exact) mass is 412 g/mol. The first-order chi connectivity index (χ1) is 14.6. The summed E-state index contributed by atoms with van der Waals surface area (Å²) in [4.78, 5) is 27.4. The van der Waals surface area contributed by atoms with Crippen molar-refractivity contribution >= 4 is 50.7 Å². The zero-order valence-corrected chi connectivity index (χ0v) is 17.4. The van der Waals surface area contributed by atoms with Gasteiger partial charge in [-0.15, -0.1) is 0 Å². The average molecular weight is 413 g/mol. The number of aryl methyl sites for hydroxylation is 1. The lowest BCUT2D eigenvalue weighted by Gasteiger charge is -2.13. The van der Waals surface area contributed by atoms with Crippen molar-refractivity contribution in [3.05, 3.63) is 89.0 Å². The number of hydrogen-bond donors (Lipinski definition) is 0. The van der Waals surface area contributed by atoms with Crippen molar-refractivity contribution in [3.8, 4) is 0 Å². The molecule has 0 N–H and O–H groups in total. The fourth-order valence-electron chi connectivity index (χ4n) is 3.95. The van der Waals surface area contributed by atoms with Crippen LogP contribution in [0, 0.1) is 0 Å². The topological polar surface area (TPSA) is 42.3 Å². The number of aromatic nitrogens is 1. The molecule has 4 nitrogen and oxygen atoms in total. The summed E-state index contributed by atoms with van der Waals surface area (Å²) in [6, 6.07) is 22.2. The van der Waals surface area contributed by atoms with Crippen LogP contribution >= 0.6 is 11.8 Å². The molecule has 5 rings (SSSR count). The molecule has 1 aliphatic heterocycles. The Labute approximate surface area is 178 Å². The Morgan fingerprint density at radius 1 is 0.933 bits per heavy atom. The summed E-state index contributed by atoms with van der Waals surface area (Å²) in [6.07, 6.45) is 3.89. The van der Waals surface area contributed by atoms with E-state index in [9.17, 15) is 9.59 Å². The molecular weight excluding hydrogens is 392 g/mol. The lowest BCUT2D eigenvalue weighted by molar-refractivity contribution is -0.123. The Bertz CT molecular complexity index is 1340. The SMILES string of the molecule is CCn1cc(/C=C2\SC(=O)N(Cc3ccc4ccccc4c3)C2=O)c2ccccc21. The summed E-state index contributed by atoms with van der Waals surface area (Å²) in [6.45, 7) is 3.22. The van der Waals surface area contributed by atoms with Crippen molar-refractivity contribution in [1.82, 2.24) is 9.47 Å². The Morgan fingerprint density at radius 3 is 2.53 bits per heavy atom. The molecule has 1 fully saturated rings. The van der Waals surface area contributed by atoms with Crippen LogP contribution in [0.3, 0.4) is 0 Å². The van der Waals surface area contributed by atoms with Crippen LogP contribution in [0.15, 0.2) is 77.8 Å². The summed E-state index contributed by atoms with van der Waals surface area (Å²) in [5.74, 6) is -0.230. The predicted octanol–water partition coefficient (Wildman–Crippen LogP) is 6.05. The molecule has 0 unspecified atom stereocenters. The van der Waals surface area contributed by atoms with E-state index >= 15 is 0 Å². The van der Waals surface area contributed by atoms with Crippen LogP contribution in [0.4, 0.5) is 4.79 Å². The second kappa shape index (κ2) is 7.50. The van der Waals surface area contributed by atoms with Crippen molar-refractivity contribution in [3.63, 3.8) is 0 Å². The number of amides is 2. The van der Waals surface area contributed by atoms with Crippen molar-refractivity contribution in [1.29, 1.82) is 0 Å². The zero-order chi connectivity index (χ0) is 20.7. The van der Waals surface area contributed by atoms with E-state index in [0.29, 0.717) is 4.91 Å². The van der Waals surface area contributed by atoms with Gasteiger partial charge >= 0.3 is 0 Å². The van der Waals surface area contributed by atoms with E-state index in [1.807, 2.05) is 66.9 Å². The molecule has 5 heteroatoms. The third kappa shape index (κ3) is 3.21. The number of thioether (sulfide) groups is 1. The third-order valence-corrected chi connectivity index (χ3v) is 6.38. The molecule has 1 saturated heterocycles. The molecule has 0 bridgehead atoms. The minimum absolute atomic E-state index is 0.223. The highest BCUT2D eigenvalue weighted by molar-refractivity contribution is 8.18. The quantitative estimate of drug-likeness (QED) is 0.383. The van der Waals surface area contributed by atoms with Crippen LogP contribution in [0.1, 0.15) is 18.1 Å². The van der Waals surface area contributed by atoms with E-state index in [4.69, 9.17) is 0 Å². The third-order valence-electron chi connectivity index (χ3n) is 5.47. The van der Waals surface area contributed by atoms with E-state index in [0.717, 1.165) is 51.1 Å². The van der Waals surface area contributed by atoms with Crippen LogP contribution in [0.25, 0.3) is 27.8 Å². The second-order valence-corrected chi connectivity index (χ2v) is 8.33. The normalized spacial score (nSPS) is 15.8. The van der Waals surface area contributed by atoms with Gasteiger partial charge in [-0.3, -0.25) is 14.5 Å². The lowest BCUT2D eigenvalue weighted by Crippen LogP contribution is -2.27. The van der Waals surface area contributed by atoms with Gasteiger partial charge in [-0.05, 0) is 53.2 Å². The molecule has 0 saturated carbocycles. The number of benzene rings is 3. The number of rotatable bonds is 4. The number of hydrogen-bond acceptors (Lipinski definition) is 3. The summed E-state index contributed by atoms with van der Waals surface area (Å²) in [5.41, 5.74) is 3.03. The number of carbonyl (C=O) groups is 2. The summed E-state index contributed by atoms with van der Waals surface area (Å²) in [5, 5.41) is 3.10. The molecule has 4 aromatic rings. The van der Waals surface area contributed by atoms with Crippen LogP contribution in [-0.4, -0.2) is 20.6 Å². The van der Waals surface area contributed by atoms with Gasteiger partial charge in [-0.2, -0.15) is 0 Å². The molecule has 3 aromatic carbocycles. The second-order valence-electron chi connectivity index (χ2n) is 7.34. The van der Waals surface area contributed by atoms with Crippen molar-refractivity contribution in [2.75, 3.05) is 0 Å². The lowest BCUT2D eigenvalue weighted by atomic mass is 10.1. The van der Waals surface area contributed by atoms with Gasteiger partial charge in [0.05, 0.1) is 11.4 Å². The van der Waals surface area contributed by atoms with Crippen LogP contribution in [0.5, 0.6) is 0 Å². The van der Waals surface area contributed by atoms with Crippen molar-refractivity contribution < 1.29 is 9.59 Å². The Balaban J connectivity index is 1.45. The molecule has 1 aromatic heterocycles. The smallest absolute Gasteiger partial charge is 0.293 e. The van der Waals surface area contributed by atoms with Gasteiger partial charge in [0.1, 0.15) is 0 Å². The molecule has 148 valence electrons. The van der Waals surface area contributed by atoms with Crippen LogP contribution < -0.4 is 0 Å². The molecule has 1 aliphatic rings. The highest BCUT2D eigenvalue weighted by Crippen LogP contribution is 2.35. The first-order valence-electron chi connectivity index (χ1n) is 9.95. The minimum atomic E-state index is -0.230. The van der Waals surface area contributed by atoms with Gasteiger partial charge in [0.15, 0.2) is 0 Å². The van der Waals surface area contributed by atoms with Gasteiger partial charge < -0.3 is 4.57 Å². The highest BCUT2D eigenvalue weighted by atomic mass is 32.2. The maximum atomic E-state index is 13.0. The number of para-hydroxylation sites is 1. The number of nitrogens with zero attached hydrogens (tertiary/aromatic N) is 2. The van der Waals surface area contributed by atoms with E-state index < -0.39 is 0 Å². The molecule has 30 heavy (non-hydrogen) atoms. The maximum absolute atomic E-state index is 13.0.